The van der Waals surface area contributed by atoms with Gasteiger partial charge in [-0.05, 0) is 32.9 Å². The zero-order valence-electron chi connectivity index (χ0n) is 9.06. The monoisotopic (exact) mass is 209 g/mol. The topological polar surface area (TPSA) is 66.6 Å². The predicted octanol–water partition coefficient (Wildman–Crippen LogP) is 1.05. The molecule has 0 aliphatic carbocycles. The number of urea groups is 1. The van der Waals surface area contributed by atoms with Crippen LogP contribution in [0.15, 0.2) is 23.3 Å². The lowest BCUT2D eigenvalue weighted by molar-refractivity contribution is 0.177. The summed E-state index contributed by atoms with van der Waals surface area (Å²) in [6, 6.07) is 2.88. The van der Waals surface area contributed by atoms with Crippen molar-refractivity contribution in [3.63, 3.8) is 0 Å². The molecule has 1 aromatic heterocycles. The molecule has 0 bridgehead atoms. The Morgan fingerprint density at radius 1 is 1.60 bits per heavy atom. The highest BCUT2D eigenvalue weighted by molar-refractivity contribution is 5.75. The number of nitrogens with zero attached hydrogens (tertiary/aromatic N) is 2. The summed E-state index contributed by atoms with van der Waals surface area (Å²) in [6.45, 7) is 5.45. The quantitative estimate of drug-likeness (QED) is 0.679. The first-order chi connectivity index (χ1) is 6.99. The summed E-state index contributed by atoms with van der Waals surface area (Å²) in [5.41, 5.74) is 0.619. The van der Waals surface area contributed by atoms with E-state index >= 15 is 0 Å². The van der Waals surface area contributed by atoms with Gasteiger partial charge in [0.2, 0.25) is 0 Å². The van der Waals surface area contributed by atoms with Crippen LogP contribution in [-0.2, 0) is 0 Å². The zero-order chi connectivity index (χ0) is 11.4. The van der Waals surface area contributed by atoms with Crippen LogP contribution < -0.4 is 10.7 Å². The van der Waals surface area contributed by atoms with Crippen molar-refractivity contribution in [3.8, 4) is 0 Å². The van der Waals surface area contributed by atoms with Crippen molar-refractivity contribution in [3.05, 3.63) is 29.4 Å². The number of rotatable bonds is 1. The molecule has 0 aliphatic rings. The van der Waals surface area contributed by atoms with Crippen LogP contribution in [-0.4, -0.2) is 22.0 Å². The summed E-state index contributed by atoms with van der Waals surface area (Å²) in [5, 5.41) is 12.4. The maximum atomic E-state index is 11.3. The summed E-state index contributed by atoms with van der Waals surface area (Å²) in [7, 11) is 0. The number of hydrogen-bond acceptors (Lipinski definition) is 2. The fraction of sp³-hybridized carbons (Fsp3) is 0.400. The molecule has 0 saturated heterocycles. The molecular weight excluding hydrogens is 194 g/mol. The van der Waals surface area contributed by atoms with Crippen LogP contribution in [0.1, 0.15) is 19.5 Å². The average molecular weight is 209 g/mol. The molecule has 5 heteroatoms. The lowest BCUT2D eigenvalue weighted by Crippen LogP contribution is -2.29. The Labute approximate surface area is 88.0 Å². The van der Waals surface area contributed by atoms with E-state index in [2.05, 4.69) is 10.3 Å². The zero-order valence-corrected chi connectivity index (χ0v) is 9.06. The van der Waals surface area contributed by atoms with Gasteiger partial charge in [0.1, 0.15) is 0 Å². The summed E-state index contributed by atoms with van der Waals surface area (Å²) >= 11 is 0. The smallest absolute Gasteiger partial charge is 0.341 e. The Kier molecular flexibility index (Phi) is 3.49. The predicted molar refractivity (Wildman–Crippen MR) is 55.6 cm³/mol. The summed E-state index contributed by atoms with van der Waals surface area (Å²) < 4.78 is 0.972. The number of aryl methyl sites for hydroxylation is 1. The van der Waals surface area contributed by atoms with Crippen molar-refractivity contribution >= 4 is 6.03 Å². The van der Waals surface area contributed by atoms with Crippen molar-refractivity contribution in [2.45, 2.75) is 26.8 Å². The van der Waals surface area contributed by atoms with Crippen LogP contribution in [0.2, 0.25) is 0 Å². The van der Waals surface area contributed by atoms with E-state index in [1.165, 1.54) is 6.20 Å². The largest absolute Gasteiger partial charge is 0.429 e. The number of hydrogen-bond donors (Lipinski definition) is 2. The number of pyridine rings is 1. The molecule has 0 fully saturated rings. The lowest BCUT2D eigenvalue weighted by atomic mass is 10.3. The molecule has 2 N–H and O–H groups in total. The Balaban J connectivity index is 2.91. The van der Waals surface area contributed by atoms with E-state index < -0.39 is 0 Å². The Hall–Kier alpha value is -1.78. The van der Waals surface area contributed by atoms with Crippen LogP contribution in [0.25, 0.3) is 0 Å². The second-order valence-electron chi connectivity index (χ2n) is 3.59. The van der Waals surface area contributed by atoms with E-state index in [0.29, 0.717) is 11.1 Å². The number of carbonyl (C=O) groups is 1. The van der Waals surface area contributed by atoms with Gasteiger partial charge in [-0.2, -0.15) is 9.72 Å². The van der Waals surface area contributed by atoms with Gasteiger partial charge in [0, 0.05) is 12.2 Å². The summed E-state index contributed by atoms with van der Waals surface area (Å²) in [4.78, 5) is 15.1. The van der Waals surface area contributed by atoms with Crippen LogP contribution in [0.4, 0.5) is 4.79 Å². The molecule has 82 valence electrons. The summed E-state index contributed by atoms with van der Waals surface area (Å²) in [6.07, 6.45) is 1.44. The van der Waals surface area contributed by atoms with Gasteiger partial charge in [-0.15, -0.1) is 0 Å². The van der Waals surface area contributed by atoms with Crippen LogP contribution >= 0.6 is 0 Å². The maximum Gasteiger partial charge on any atom is 0.341 e. The normalized spacial score (nSPS) is 11.9. The molecular formula is C10H15N3O2. The van der Waals surface area contributed by atoms with E-state index in [1.54, 1.807) is 19.1 Å². The van der Waals surface area contributed by atoms with Gasteiger partial charge in [0.05, 0.1) is 11.1 Å². The third kappa shape index (κ3) is 3.46. The van der Waals surface area contributed by atoms with E-state index in [9.17, 15) is 10.0 Å². The molecule has 0 aliphatic heterocycles. The number of carbonyl (C=O) groups excluding carboxylic acids is 1. The van der Waals surface area contributed by atoms with Crippen LogP contribution in [0, 0.1) is 6.92 Å². The molecule has 0 spiro atoms. The first kappa shape index (κ1) is 11.3. The highest BCUT2D eigenvalue weighted by Crippen LogP contribution is 1.89. The molecule has 1 rings (SSSR count). The molecule has 1 aromatic rings. The molecule has 1 heterocycles. The fourth-order valence-corrected chi connectivity index (χ4v) is 1.06. The van der Waals surface area contributed by atoms with Crippen LogP contribution in [0.3, 0.4) is 0 Å². The molecule has 0 saturated carbocycles. The van der Waals surface area contributed by atoms with Gasteiger partial charge < -0.3 is 10.5 Å². The number of aromatic nitrogens is 1. The standard InChI is InChI=1S/C10H15N3O2/c1-7(2)11-10(14)12-9-4-5-13(15)8(3)6-9/h4-7,15H,1-3H3,(H,11,14)/b12-9+. The molecule has 2 amide bonds. The van der Waals surface area contributed by atoms with Gasteiger partial charge in [-0.25, -0.2) is 4.79 Å². The van der Waals surface area contributed by atoms with Gasteiger partial charge in [-0.3, -0.25) is 0 Å². The highest BCUT2D eigenvalue weighted by Gasteiger charge is 1.99. The van der Waals surface area contributed by atoms with E-state index in [4.69, 9.17) is 0 Å². The lowest BCUT2D eigenvalue weighted by Gasteiger charge is -2.04. The first-order valence-electron chi connectivity index (χ1n) is 4.73. The Morgan fingerprint density at radius 2 is 2.27 bits per heavy atom. The number of amides is 2. The summed E-state index contributed by atoms with van der Waals surface area (Å²) in [5.74, 6) is 0. The second-order valence-corrected chi connectivity index (χ2v) is 3.59. The molecule has 0 aromatic carbocycles. The van der Waals surface area contributed by atoms with Crippen molar-refractivity contribution < 1.29 is 10.0 Å². The van der Waals surface area contributed by atoms with Crippen molar-refractivity contribution in [1.82, 2.24) is 10.0 Å². The van der Waals surface area contributed by atoms with Crippen molar-refractivity contribution in [2.75, 3.05) is 0 Å². The first-order valence-corrected chi connectivity index (χ1v) is 4.73. The minimum Gasteiger partial charge on any atom is -0.429 e. The molecule has 0 unspecified atom stereocenters. The van der Waals surface area contributed by atoms with Crippen LogP contribution in [0.5, 0.6) is 0 Å². The van der Waals surface area contributed by atoms with E-state index in [1.807, 2.05) is 13.8 Å². The minimum absolute atomic E-state index is 0.0637. The van der Waals surface area contributed by atoms with Gasteiger partial charge in [0.15, 0.2) is 0 Å². The maximum absolute atomic E-state index is 11.3. The van der Waals surface area contributed by atoms with Gasteiger partial charge in [0.25, 0.3) is 0 Å². The molecule has 5 nitrogen and oxygen atoms in total. The number of nitrogens with one attached hydrogen (secondary N) is 1. The SMILES string of the molecule is Cc1c/c(=N/C(=O)NC(C)C)ccn1O. The molecule has 0 atom stereocenters. The van der Waals surface area contributed by atoms with Gasteiger partial charge in [-0.1, -0.05) is 0 Å². The van der Waals surface area contributed by atoms with Gasteiger partial charge >= 0.3 is 6.03 Å². The van der Waals surface area contributed by atoms with Crippen molar-refractivity contribution in [1.29, 1.82) is 0 Å². The van der Waals surface area contributed by atoms with E-state index in [0.717, 1.165) is 4.73 Å². The minimum atomic E-state index is -0.375. The average Bonchev–Trinajstić information content (AvgIpc) is 2.10. The third-order valence-corrected chi connectivity index (χ3v) is 1.75. The Bertz CT molecular complexity index is 421. The highest BCUT2D eigenvalue weighted by atomic mass is 16.5. The molecule has 15 heavy (non-hydrogen) atoms. The molecule has 0 radical (unpaired) electrons. The Morgan fingerprint density at radius 3 is 2.80 bits per heavy atom. The third-order valence-electron chi connectivity index (χ3n) is 1.75. The van der Waals surface area contributed by atoms with E-state index in [-0.39, 0.29) is 12.1 Å². The second kappa shape index (κ2) is 4.63. The van der Waals surface area contributed by atoms with Crippen molar-refractivity contribution in [2.24, 2.45) is 4.99 Å². The fourth-order valence-electron chi connectivity index (χ4n) is 1.06.